The zero-order chi connectivity index (χ0) is 36.4. The average Bonchev–Trinajstić information content (AvgIpc) is 3.83. The summed E-state index contributed by atoms with van der Waals surface area (Å²) in [5, 5.41) is 15.6. The van der Waals surface area contributed by atoms with Crippen LogP contribution in [0.5, 0.6) is 5.75 Å². The molecule has 1 unspecified atom stereocenters. The molecule has 2 saturated carbocycles. The lowest BCUT2D eigenvalue weighted by molar-refractivity contribution is -0.184. The lowest BCUT2D eigenvalue weighted by atomic mass is 9.48. The van der Waals surface area contributed by atoms with Gasteiger partial charge < -0.3 is 35.3 Å². The van der Waals surface area contributed by atoms with Gasteiger partial charge >= 0.3 is 6.09 Å². The van der Waals surface area contributed by atoms with Gasteiger partial charge in [0.1, 0.15) is 11.5 Å². The quantitative estimate of drug-likeness (QED) is 0.190. The largest absolute Gasteiger partial charge is 0.415 e. The summed E-state index contributed by atoms with van der Waals surface area (Å²) in [6.07, 6.45) is 8.21. The predicted molar refractivity (Wildman–Crippen MR) is 195 cm³/mol. The van der Waals surface area contributed by atoms with Crippen molar-refractivity contribution < 1.29 is 33.7 Å². The van der Waals surface area contributed by atoms with E-state index in [1.54, 1.807) is 4.90 Å². The molecule has 5 aliphatic rings. The maximum absolute atomic E-state index is 13.7. The van der Waals surface area contributed by atoms with Gasteiger partial charge in [-0.2, -0.15) is 0 Å². The van der Waals surface area contributed by atoms with E-state index < -0.39 is 17.1 Å². The number of benzene rings is 1. The van der Waals surface area contributed by atoms with Gasteiger partial charge in [-0.05, 0) is 134 Å². The van der Waals surface area contributed by atoms with Gasteiger partial charge in [-0.3, -0.25) is 14.5 Å². The molecule has 6 rings (SSSR count). The number of unbranched alkanes of at least 4 members (excludes halogenated alkanes) is 1. The van der Waals surface area contributed by atoms with Crippen molar-refractivity contribution in [2.24, 2.45) is 17.6 Å². The Morgan fingerprint density at radius 1 is 1.12 bits per heavy atom. The highest BCUT2D eigenvalue weighted by Crippen LogP contribution is 2.65. The molecule has 51 heavy (non-hydrogen) atoms. The van der Waals surface area contributed by atoms with Crippen LogP contribution in [0.15, 0.2) is 12.1 Å². The molecule has 1 aliphatic heterocycles. The number of ether oxygens (including phenoxy) is 3. The molecule has 1 saturated heterocycles. The highest BCUT2D eigenvalue weighted by Gasteiger charge is 2.71. The first-order valence-corrected chi connectivity index (χ1v) is 19.7. The minimum atomic E-state index is -0.953. The lowest BCUT2D eigenvalue weighted by Gasteiger charge is -2.64. The van der Waals surface area contributed by atoms with Gasteiger partial charge in [0.25, 0.3) is 0 Å². The van der Waals surface area contributed by atoms with Crippen LogP contribution in [0, 0.1) is 11.8 Å². The van der Waals surface area contributed by atoms with Gasteiger partial charge in [-0.15, -0.1) is 0 Å². The number of hydrogen-bond donors (Lipinski definition) is 3. The van der Waals surface area contributed by atoms with E-state index in [9.17, 15) is 19.5 Å². The summed E-state index contributed by atoms with van der Waals surface area (Å²) in [5.74, 6) is 1.17. The molecule has 4 N–H and O–H groups in total. The second-order valence-electron chi connectivity index (χ2n) is 16.9. The van der Waals surface area contributed by atoms with Crippen LogP contribution >= 0.6 is 0 Å². The number of piperidine rings is 1. The first-order valence-electron chi connectivity index (χ1n) is 19.7. The molecule has 1 aromatic carbocycles. The summed E-state index contributed by atoms with van der Waals surface area (Å²) in [4.78, 5) is 43.9. The number of nitrogens with two attached hydrogens (primary N) is 1. The number of nitrogens with zero attached hydrogens (tertiary/aromatic N) is 2. The monoisotopic (exact) mass is 710 g/mol. The SMILES string of the molecule is CC(COC(C)(C)C)OCCCCC(=O)NCCCN(CCCN)C(=O)Oc1ccc2c3c1C[C@H]1C(=O)CC[C@@]4(O)[C@@H](C2)N(CC2CC2)CC[C@]314. The highest BCUT2D eigenvalue weighted by molar-refractivity contribution is 5.88. The summed E-state index contributed by atoms with van der Waals surface area (Å²) in [7, 11) is 0. The number of nitrogens with one attached hydrogen (secondary N) is 1. The number of carbonyl (C=O) groups excluding carboxylic acids is 3. The second-order valence-corrected chi connectivity index (χ2v) is 16.9. The molecule has 11 heteroatoms. The maximum atomic E-state index is 13.7. The fraction of sp³-hybridized carbons (Fsp3) is 0.775. The Balaban J connectivity index is 1.02. The average molecular weight is 711 g/mol. The zero-order valence-corrected chi connectivity index (χ0v) is 31.5. The summed E-state index contributed by atoms with van der Waals surface area (Å²) in [6.45, 7) is 12.9. The topological polar surface area (TPSA) is 144 Å². The molecule has 284 valence electrons. The fourth-order valence-corrected chi connectivity index (χ4v) is 9.39. The van der Waals surface area contributed by atoms with Crippen LogP contribution in [-0.2, 0) is 37.3 Å². The molecule has 2 bridgehead atoms. The third-order valence-electron chi connectivity index (χ3n) is 12.1. The summed E-state index contributed by atoms with van der Waals surface area (Å²) in [5.41, 5.74) is 7.27. The Labute approximate surface area is 304 Å². The van der Waals surface area contributed by atoms with Gasteiger partial charge in [0.15, 0.2) is 0 Å². The first kappa shape index (κ1) is 38.2. The summed E-state index contributed by atoms with van der Waals surface area (Å²) < 4.78 is 17.7. The van der Waals surface area contributed by atoms with Gasteiger partial charge in [0.2, 0.25) is 5.91 Å². The molecule has 1 heterocycles. The number of likely N-dealkylation sites (tertiary alicyclic amines) is 1. The molecule has 1 aromatic rings. The Morgan fingerprint density at radius 2 is 1.90 bits per heavy atom. The number of hydrogen-bond acceptors (Lipinski definition) is 9. The van der Waals surface area contributed by atoms with Crippen LogP contribution in [0.4, 0.5) is 4.79 Å². The van der Waals surface area contributed by atoms with Crippen LogP contribution in [0.2, 0.25) is 0 Å². The maximum Gasteiger partial charge on any atom is 0.415 e. The molecule has 1 spiro atoms. The number of rotatable bonds is 18. The minimum Gasteiger partial charge on any atom is -0.410 e. The van der Waals surface area contributed by atoms with Crippen LogP contribution in [-0.4, -0.2) is 109 Å². The lowest BCUT2D eigenvalue weighted by Crippen LogP contribution is -2.75. The smallest absolute Gasteiger partial charge is 0.410 e. The van der Waals surface area contributed by atoms with Gasteiger partial charge in [0, 0.05) is 63.0 Å². The van der Waals surface area contributed by atoms with E-state index in [0.29, 0.717) is 83.7 Å². The predicted octanol–water partition coefficient (Wildman–Crippen LogP) is 4.28. The zero-order valence-electron chi connectivity index (χ0n) is 31.5. The van der Waals surface area contributed by atoms with Crippen molar-refractivity contribution >= 4 is 17.8 Å². The Kier molecular flexibility index (Phi) is 11.8. The van der Waals surface area contributed by atoms with Crippen LogP contribution in [0.1, 0.15) is 109 Å². The van der Waals surface area contributed by atoms with Crippen LogP contribution < -0.4 is 15.8 Å². The Morgan fingerprint density at radius 3 is 2.65 bits per heavy atom. The van der Waals surface area contributed by atoms with Crippen molar-refractivity contribution in [1.29, 1.82) is 0 Å². The van der Waals surface area contributed by atoms with Crippen molar-refractivity contribution in [3.8, 4) is 5.75 Å². The van der Waals surface area contributed by atoms with Crippen molar-refractivity contribution in [2.45, 2.75) is 134 Å². The molecular weight excluding hydrogens is 648 g/mol. The number of ketones is 1. The number of amides is 2. The second kappa shape index (κ2) is 15.8. The van der Waals surface area contributed by atoms with E-state index in [1.165, 1.54) is 18.4 Å². The van der Waals surface area contributed by atoms with E-state index >= 15 is 0 Å². The summed E-state index contributed by atoms with van der Waals surface area (Å²) in [6, 6.07) is 4.00. The fourth-order valence-electron chi connectivity index (χ4n) is 9.39. The van der Waals surface area contributed by atoms with Crippen molar-refractivity contribution in [3.05, 3.63) is 28.8 Å². The number of carbonyl (C=O) groups is 3. The molecule has 0 aromatic heterocycles. The third-order valence-corrected chi connectivity index (χ3v) is 12.1. The highest BCUT2D eigenvalue weighted by atomic mass is 16.6. The normalized spacial score (nSPS) is 27.2. The first-order chi connectivity index (χ1) is 24.4. The van der Waals surface area contributed by atoms with Crippen LogP contribution in [0.25, 0.3) is 0 Å². The Hall–Kier alpha value is -2.57. The molecule has 0 radical (unpaired) electrons. The molecule has 3 fully saturated rings. The van der Waals surface area contributed by atoms with E-state index in [4.69, 9.17) is 19.9 Å². The summed E-state index contributed by atoms with van der Waals surface area (Å²) >= 11 is 0. The van der Waals surface area contributed by atoms with E-state index in [1.807, 2.05) is 33.8 Å². The van der Waals surface area contributed by atoms with Crippen molar-refractivity contribution in [1.82, 2.24) is 15.1 Å². The van der Waals surface area contributed by atoms with Crippen molar-refractivity contribution in [3.63, 3.8) is 0 Å². The van der Waals surface area contributed by atoms with Crippen molar-refractivity contribution in [2.75, 3.05) is 52.5 Å². The Bertz CT molecular complexity index is 1430. The van der Waals surface area contributed by atoms with E-state index in [2.05, 4.69) is 16.3 Å². The molecule has 5 atom stereocenters. The van der Waals surface area contributed by atoms with E-state index in [-0.39, 0.29) is 35.4 Å². The molecule has 11 nitrogen and oxygen atoms in total. The van der Waals surface area contributed by atoms with Gasteiger partial charge in [0.05, 0.1) is 23.9 Å². The molecule has 4 aliphatic carbocycles. The molecular formula is C40H62N4O7. The van der Waals surface area contributed by atoms with E-state index in [0.717, 1.165) is 55.8 Å². The number of Topliss-reactive ketones (excluding diaryl/α,β-unsaturated/α-hetero) is 1. The van der Waals surface area contributed by atoms with Gasteiger partial charge in [-0.1, -0.05) is 6.07 Å². The standard InChI is InChI=1S/C40H62N4O7/c1-27(26-50-38(2,3)4)49-22-6-5-9-35(46)42-18-8-20-43(19-7-17-41)37(47)51-33-13-12-29-23-34-40(48)15-14-32(45)31-24-30(33)36(29)39(31,40)16-21-44(34)25-28-10-11-28/h12-13,27-28,31,34,48H,5-11,14-26,41H2,1-4H3,(H,42,46)/t27?,31-,34+,39+,40+/m0/s1. The third kappa shape index (κ3) is 8.17. The minimum absolute atomic E-state index is 0.00800. The number of aliphatic hydroxyl groups is 1. The van der Waals surface area contributed by atoms with Gasteiger partial charge in [-0.25, -0.2) is 4.79 Å². The molecule has 2 amide bonds. The van der Waals surface area contributed by atoms with Crippen LogP contribution in [0.3, 0.4) is 0 Å².